The molecular weight excluding hydrogens is 1690 g/mol. The lowest BCUT2D eigenvalue weighted by atomic mass is 9.69. The van der Waals surface area contributed by atoms with Gasteiger partial charge in [0.15, 0.2) is 23.0 Å². The van der Waals surface area contributed by atoms with Gasteiger partial charge < -0.3 is 33.4 Å². The highest BCUT2D eigenvalue weighted by molar-refractivity contribution is 6.31. The van der Waals surface area contributed by atoms with Crippen LogP contribution in [0.1, 0.15) is 63.3 Å². The van der Waals surface area contributed by atoms with E-state index < -0.39 is 10.8 Å². The molecule has 21 aromatic rings. The molecule has 2 aliphatic heterocycles. The summed E-state index contributed by atoms with van der Waals surface area (Å²) >= 11 is 12.7. The van der Waals surface area contributed by atoms with Gasteiger partial charge in [-0.15, -0.1) is 0 Å². The molecule has 2 aromatic heterocycles. The number of hydrogen-bond donors (Lipinski definition) is 1. The topological polar surface area (TPSA) is 63.3 Å². The molecule has 642 valence electrons. The molecule has 7 nitrogen and oxygen atoms in total. The van der Waals surface area contributed by atoms with Gasteiger partial charge in [0.2, 0.25) is 0 Å². The van der Waals surface area contributed by atoms with E-state index in [1.54, 1.807) is 0 Å². The van der Waals surface area contributed by atoms with E-state index in [4.69, 9.17) is 41.5 Å². The second-order valence-electron chi connectivity index (χ2n) is 34.7. The zero-order chi connectivity index (χ0) is 89.9. The normalized spacial score (nSPS) is 13.2. The number of furan rings is 2. The summed E-state index contributed by atoms with van der Waals surface area (Å²) in [6.07, 6.45) is 9.07. The standard InChI is InChI=1S/C75H50N2O2.C27H14Cl2O2.C24H21N/c1-5-17-51(18-6-1)55-29-37-59(38-30-55)76(60-39-31-56(32-40-60)52-19-7-2-8-20-52)63-46-48-71-67(49-63)73-74(79-71)75(68-27-15-13-25-65(68)66-26-14-16-28-69(66)75)70-47-45-64(50-72(70)78-73)77(61-41-33-57(34-42-61)53-21-9-3-10-22-53)62-43-35-58(36-44-62)54-23-11-4-12-24-54;28-15-10-12-23-19(13-15)25-26(31-23)27(22-11-9-16(29)14-24(22)30-25)20-7-3-1-5-17(20)18-6-2-4-8-21(18)27;1-3-7-19(8-4-1)21-11-15-23(16-12-21)25-24-17-13-22(14-18-24)20-9-5-2-6-10-20/h1-50H;1-14H;1,3-5,7-18,25H,2,6H2. The van der Waals surface area contributed by atoms with Crippen molar-refractivity contribution >= 4 is 96.2 Å². The summed E-state index contributed by atoms with van der Waals surface area (Å²) in [5.41, 5.74) is 34.2. The van der Waals surface area contributed by atoms with Crippen molar-refractivity contribution in [3.8, 4) is 101 Å². The third-order valence-corrected chi connectivity index (χ3v) is 27.4. The lowest BCUT2D eigenvalue weighted by Gasteiger charge is -2.37. The summed E-state index contributed by atoms with van der Waals surface area (Å²) in [7, 11) is 0. The fourth-order valence-corrected chi connectivity index (χ4v) is 21.0. The SMILES string of the molecule is C1=CC(c2ccc(Nc3ccc(-c4ccccc4)cc3)cc2)=CCC1.Clc1ccc2c(c1)Oc1c(oc3ccc(Cl)cc13)C21c2ccccc2-c2ccccc21.c1ccc(-c2ccc(N(c3ccc(-c4ccccc4)cc3)c3ccc4c(c3)Oc3c(oc5ccc(N(c6ccc(-c7ccccc7)cc6)c6ccc(-c7ccccc7)cc6)cc35)C43c4ccccc4-c4ccccc43)cc2)cc1. The van der Waals surface area contributed by atoms with Gasteiger partial charge >= 0.3 is 0 Å². The number of hydrogen-bond acceptors (Lipinski definition) is 7. The number of nitrogens with one attached hydrogen (secondary N) is 1. The molecule has 2 spiro atoms. The van der Waals surface area contributed by atoms with E-state index in [0.29, 0.717) is 21.5 Å². The van der Waals surface area contributed by atoms with Crippen LogP contribution in [-0.2, 0) is 10.8 Å². The van der Waals surface area contributed by atoms with Gasteiger partial charge in [0.05, 0.1) is 10.8 Å². The number of halogens is 2. The molecule has 26 rings (SSSR count). The first kappa shape index (κ1) is 81.5. The van der Waals surface area contributed by atoms with Gasteiger partial charge in [-0.3, -0.25) is 0 Å². The number of rotatable bonds is 14. The van der Waals surface area contributed by atoms with Gasteiger partial charge in [-0.1, -0.05) is 375 Å². The number of ether oxygens (including phenoxy) is 2. The Bertz CT molecular complexity index is 7840. The van der Waals surface area contributed by atoms with Crippen LogP contribution in [0.3, 0.4) is 0 Å². The van der Waals surface area contributed by atoms with Gasteiger partial charge in [0.1, 0.15) is 33.5 Å². The predicted octanol–water partition coefficient (Wildman–Crippen LogP) is 35.5. The third kappa shape index (κ3) is 14.6. The Labute approximate surface area is 794 Å². The number of fused-ring (bicyclic) bond motifs is 22. The van der Waals surface area contributed by atoms with Crippen LogP contribution < -0.4 is 24.6 Å². The van der Waals surface area contributed by atoms with E-state index in [2.05, 4.69) is 464 Å². The van der Waals surface area contributed by atoms with Gasteiger partial charge in [-0.25, -0.2) is 0 Å². The maximum absolute atomic E-state index is 7.50. The second-order valence-corrected chi connectivity index (χ2v) is 35.5. The second kappa shape index (κ2) is 34.6. The highest BCUT2D eigenvalue weighted by Gasteiger charge is 2.56. The molecule has 0 atom stereocenters. The Kier molecular flexibility index (Phi) is 20.9. The van der Waals surface area contributed by atoms with Crippen molar-refractivity contribution in [1.29, 1.82) is 0 Å². The minimum Gasteiger partial charge on any atom is -0.455 e. The molecule has 19 aromatic carbocycles. The molecule has 0 amide bonds. The van der Waals surface area contributed by atoms with Crippen LogP contribution in [0.4, 0.5) is 45.5 Å². The molecule has 0 saturated heterocycles. The van der Waals surface area contributed by atoms with Crippen molar-refractivity contribution in [2.24, 2.45) is 0 Å². The van der Waals surface area contributed by atoms with E-state index in [1.165, 1.54) is 77.9 Å². The molecule has 0 radical (unpaired) electrons. The van der Waals surface area contributed by atoms with E-state index in [0.717, 1.165) is 148 Å². The largest absolute Gasteiger partial charge is 0.455 e. The average Bonchev–Trinajstić information content (AvgIpc) is 1.51. The van der Waals surface area contributed by atoms with Crippen molar-refractivity contribution in [2.75, 3.05) is 15.1 Å². The molecule has 0 unspecified atom stereocenters. The summed E-state index contributed by atoms with van der Waals surface area (Å²) in [6, 6.07) is 165. The molecule has 5 aliphatic rings. The first-order chi connectivity index (χ1) is 66.7. The fraction of sp³-hybridized carbons (Fsp3) is 0.0317. The minimum atomic E-state index is -0.826. The molecular formula is C126H85Cl2N3O4. The zero-order valence-electron chi connectivity index (χ0n) is 73.4. The first-order valence-electron chi connectivity index (χ1n) is 45.8. The molecule has 0 bridgehead atoms. The smallest absolute Gasteiger partial charge is 0.178 e. The molecule has 3 aliphatic carbocycles. The molecule has 135 heavy (non-hydrogen) atoms. The Morgan fingerprint density at radius 3 is 0.926 bits per heavy atom. The minimum absolute atomic E-state index is 0.628. The van der Waals surface area contributed by atoms with Crippen molar-refractivity contribution in [2.45, 2.75) is 23.7 Å². The molecule has 9 heteroatoms. The summed E-state index contributed by atoms with van der Waals surface area (Å²) in [5.74, 6) is 4.44. The summed E-state index contributed by atoms with van der Waals surface area (Å²) in [6.45, 7) is 0. The van der Waals surface area contributed by atoms with Gasteiger partial charge in [0, 0.05) is 72.7 Å². The third-order valence-electron chi connectivity index (χ3n) is 26.9. The van der Waals surface area contributed by atoms with E-state index in [1.807, 2.05) is 36.4 Å². The first-order valence-corrected chi connectivity index (χ1v) is 46.6. The predicted molar refractivity (Wildman–Crippen MR) is 556 cm³/mol. The highest BCUT2D eigenvalue weighted by Crippen LogP contribution is 2.67. The maximum atomic E-state index is 7.50. The summed E-state index contributed by atoms with van der Waals surface area (Å²) < 4.78 is 27.8. The number of benzene rings is 19. The monoisotopic (exact) mass is 1770 g/mol. The van der Waals surface area contributed by atoms with Crippen molar-refractivity contribution < 1.29 is 18.3 Å². The van der Waals surface area contributed by atoms with Gasteiger partial charge in [0.25, 0.3) is 0 Å². The van der Waals surface area contributed by atoms with E-state index in [-0.39, 0.29) is 0 Å². The molecule has 1 N–H and O–H groups in total. The number of anilines is 8. The lowest BCUT2D eigenvalue weighted by molar-refractivity contribution is 0.389. The fourth-order valence-electron chi connectivity index (χ4n) is 20.6. The van der Waals surface area contributed by atoms with Gasteiger partial charge in [-0.2, -0.15) is 0 Å². The lowest BCUT2D eigenvalue weighted by Crippen LogP contribution is -2.31. The van der Waals surface area contributed by atoms with Crippen molar-refractivity contribution in [3.05, 3.63) is 546 Å². The van der Waals surface area contributed by atoms with Crippen molar-refractivity contribution in [3.63, 3.8) is 0 Å². The Hall–Kier alpha value is -16.7. The van der Waals surface area contributed by atoms with Crippen molar-refractivity contribution in [1.82, 2.24) is 0 Å². The Balaban J connectivity index is 0.000000144. The highest BCUT2D eigenvalue weighted by atomic mass is 35.5. The zero-order valence-corrected chi connectivity index (χ0v) is 74.9. The molecule has 0 saturated carbocycles. The van der Waals surface area contributed by atoms with Crippen LogP contribution in [0.2, 0.25) is 10.0 Å². The van der Waals surface area contributed by atoms with Crippen LogP contribution in [0.25, 0.3) is 105 Å². The van der Waals surface area contributed by atoms with E-state index >= 15 is 0 Å². The quantitative estimate of drug-likeness (QED) is 0.116. The van der Waals surface area contributed by atoms with E-state index in [9.17, 15) is 0 Å². The summed E-state index contributed by atoms with van der Waals surface area (Å²) in [5, 5.41) is 6.49. The van der Waals surface area contributed by atoms with Gasteiger partial charge in [-0.05, 0) is 252 Å². The summed E-state index contributed by atoms with van der Waals surface area (Å²) in [4.78, 5) is 4.67. The maximum Gasteiger partial charge on any atom is 0.178 e. The molecule has 4 heterocycles. The van der Waals surface area contributed by atoms with Crippen LogP contribution >= 0.6 is 23.2 Å². The Morgan fingerprint density at radius 1 is 0.244 bits per heavy atom. The average molecular weight is 1780 g/mol. The van der Waals surface area contributed by atoms with Crippen LogP contribution in [0, 0.1) is 0 Å². The van der Waals surface area contributed by atoms with Crippen LogP contribution in [0.5, 0.6) is 23.0 Å². The number of allylic oxidation sites excluding steroid dienone is 4. The number of nitrogens with zero attached hydrogens (tertiary/aromatic N) is 2. The Morgan fingerprint density at radius 2 is 0.541 bits per heavy atom. The van der Waals surface area contributed by atoms with Crippen LogP contribution in [0.15, 0.2) is 494 Å². The molecule has 0 fully saturated rings. The van der Waals surface area contributed by atoms with Crippen LogP contribution in [-0.4, -0.2) is 0 Å².